The van der Waals surface area contributed by atoms with E-state index in [0.29, 0.717) is 6.42 Å². The van der Waals surface area contributed by atoms with E-state index in [-0.39, 0.29) is 23.9 Å². The van der Waals surface area contributed by atoms with Crippen LogP contribution >= 0.6 is 0 Å². The van der Waals surface area contributed by atoms with Crippen LogP contribution < -0.4 is 5.32 Å². The summed E-state index contributed by atoms with van der Waals surface area (Å²) in [5.74, 6) is 0.823. The molecule has 0 aromatic heterocycles. The van der Waals surface area contributed by atoms with Crippen molar-refractivity contribution in [2.45, 2.75) is 70.9 Å². The van der Waals surface area contributed by atoms with Gasteiger partial charge in [-0.25, -0.2) is 0 Å². The first-order valence-electron chi connectivity index (χ1n) is 7.69. The molecule has 0 bridgehead atoms. The summed E-state index contributed by atoms with van der Waals surface area (Å²) in [6.45, 7) is 4.63. The SMILES string of the molecule is CC(C)N1C(=O)CC(NCCCC2CCCC2)C1=O. The number of nitrogens with one attached hydrogen (secondary N) is 1. The van der Waals surface area contributed by atoms with E-state index in [0.717, 1.165) is 18.9 Å². The van der Waals surface area contributed by atoms with Crippen LogP contribution in [0.1, 0.15) is 58.8 Å². The van der Waals surface area contributed by atoms with Crippen LogP contribution in [0.3, 0.4) is 0 Å². The van der Waals surface area contributed by atoms with Gasteiger partial charge in [0.05, 0.1) is 12.5 Å². The quantitative estimate of drug-likeness (QED) is 0.591. The van der Waals surface area contributed by atoms with E-state index in [1.807, 2.05) is 13.8 Å². The Kier molecular flexibility index (Phi) is 4.97. The molecule has 1 unspecified atom stereocenters. The molecule has 1 N–H and O–H groups in total. The van der Waals surface area contributed by atoms with E-state index in [9.17, 15) is 9.59 Å². The first-order valence-corrected chi connectivity index (χ1v) is 7.69. The van der Waals surface area contributed by atoms with Crippen molar-refractivity contribution in [3.05, 3.63) is 0 Å². The van der Waals surface area contributed by atoms with E-state index < -0.39 is 0 Å². The molecule has 1 aliphatic heterocycles. The first kappa shape index (κ1) is 14.5. The minimum Gasteiger partial charge on any atom is -0.305 e. The smallest absolute Gasteiger partial charge is 0.247 e. The molecule has 2 amide bonds. The number of nitrogens with zero attached hydrogens (tertiary/aromatic N) is 1. The maximum atomic E-state index is 12.1. The Labute approximate surface area is 115 Å². The van der Waals surface area contributed by atoms with Crippen molar-refractivity contribution in [1.82, 2.24) is 10.2 Å². The lowest BCUT2D eigenvalue weighted by Crippen LogP contribution is -2.42. The van der Waals surface area contributed by atoms with Crippen LogP contribution in [-0.4, -0.2) is 35.3 Å². The molecular weight excluding hydrogens is 240 g/mol. The number of likely N-dealkylation sites (tertiary alicyclic amines) is 1. The third-order valence-corrected chi connectivity index (χ3v) is 4.35. The molecule has 1 aliphatic carbocycles. The maximum absolute atomic E-state index is 12.1. The van der Waals surface area contributed by atoms with Gasteiger partial charge in [-0.05, 0) is 39.2 Å². The predicted octanol–water partition coefficient (Wildman–Crippen LogP) is 2.08. The molecule has 2 aliphatic rings. The third kappa shape index (κ3) is 3.56. The second-order valence-corrected chi connectivity index (χ2v) is 6.20. The Balaban J connectivity index is 1.68. The van der Waals surface area contributed by atoms with Gasteiger partial charge in [-0.1, -0.05) is 25.7 Å². The van der Waals surface area contributed by atoms with Gasteiger partial charge in [0.25, 0.3) is 0 Å². The molecule has 1 atom stereocenters. The molecular formula is C15H26N2O2. The minimum absolute atomic E-state index is 0.0229. The fourth-order valence-corrected chi connectivity index (χ4v) is 3.32. The second-order valence-electron chi connectivity index (χ2n) is 6.20. The highest BCUT2D eigenvalue weighted by Crippen LogP contribution is 2.28. The molecule has 0 spiro atoms. The average Bonchev–Trinajstić information content (AvgIpc) is 2.93. The summed E-state index contributed by atoms with van der Waals surface area (Å²) in [7, 11) is 0. The molecule has 2 fully saturated rings. The predicted molar refractivity (Wildman–Crippen MR) is 74.6 cm³/mol. The number of hydrogen-bond acceptors (Lipinski definition) is 3. The molecule has 19 heavy (non-hydrogen) atoms. The van der Waals surface area contributed by atoms with Gasteiger partial charge in [-0.15, -0.1) is 0 Å². The van der Waals surface area contributed by atoms with Crippen LogP contribution in [0.4, 0.5) is 0 Å². The van der Waals surface area contributed by atoms with E-state index in [1.165, 1.54) is 37.0 Å². The van der Waals surface area contributed by atoms with Gasteiger partial charge in [0.1, 0.15) is 0 Å². The van der Waals surface area contributed by atoms with Gasteiger partial charge < -0.3 is 5.32 Å². The van der Waals surface area contributed by atoms with Gasteiger partial charge in [-0.3, -0.25) is 14.5 Å². The van der Waals surface area contributed by atoms with Gasteiger partial charge in [-0.2, -0.15) is 0 Å². The molecule has 1 saturated carbocycles. The fraction of sp³-hybridized carbons (Fsp3) is 0.867. The summed E-state index contributed by atoms with van der Waals surface area (Å²) < 4.78 is 0. The van der Waals surface area contributed by atoms with Crippen LogP contribution in [0, 0.1) is 5.92 Å². The van der Waals surface area contributed by atoms with Crippen molar-refractivity contribution in [2.24, 2.45) is 5.92 Å². The van der Waals surface area contributed by atoms with Gasteiger partial charge in [0.2, 0.25) is 11.8 Å². The monoisotopic (exact) mass is 266 g/mol. The van der Waals surface area contributed by atoms with Crippen molar-refractivity contribution in [1.29, 1.82) is 0 Å². The highest BCUT2D eigenvalue weighted by atomic mass is 16.2. The second kappa shape index (κ2) is 6.51. The Morgan fingerprint density at radius 3 is 2.53 bits per heavy atom. The lowest BCUT2D eigenvalue weighted by atomic mass is 10.0. The zero-order valence-corrected chi connectivity index (χ0v) is 12.2. The van der Waals surface area contributed by atoms with E-state index in [4.69, 9.17) is 0 Å². The Morgan fingerprint density at radius 1 is 1.26 bits per heavy atom. The molecule has 0 aromatic rings. The standard InChI is InChI=1S/C15H26N2O2/c1-11(2)17-14(18)10-13(15(17)19)16-9-5-8-12-6-3-4-7-12/h11-13,16H,3-10H2,1-2H3. The van der Waals surface area contributed by atoms with E-state index >= 15 is 0 Å². The summed E-state index contributed by atoms with van der Waals surface area (Å²) in [5.41, 5.74) is 0. The van der Waals surface area contributed by atoms with Crippen LogP contribution in [0.15, 0.2) is 0 Å². The summed E-state index contributed by atoms with van der Waals surface area (Å²) in [6, 6.07) is -0.302. The van der Waals surface area contributed by atoms with Gasteiger partial charge in [0.15, 0.2) is 0 Å². The number of carbonyl (C=O) groups excluding carboxylic acids is 2. The molecule has 1 heterocycles. The largest absolute Gasteiger partial charge is 0.305 e. The van der Waals surface area contributed by atoms with Crippen LogP contribution in [0.25, 0.3) is 0 Å². The van der Waals surface area contributed by atoms with E-state index in [1.54, 1.807) is 0 Å². The van der Waals surface area contributed by atoms with Crippen molar-refractivity contribution < 1.29 is 9.59 Å². The maximum Gasteiger partial charge on any atom is 0.247 e. The van der Waals surface area contributed by atoms with Gasteiger partial charge in [0, 0.05) is 6.04 Å². The number of amides is 2. The van der Waals surface area contributed by atoms with Crippen molar-refractivity contribution in [3.63, 3.8) is 0 Å². The lowest BCUT2D eigenvalue weighted by molar-refractivity contribution is -0.140. The Bertz CT molecular complexity index is 335. The van der Waals surface area contributed by atoms with Crippen LogP contribution in [0.5, 0.6) is 0 Å². The average molecular weight is 266 g/mol. The lowest BCUT2D eigenvalue weighted by Gasteiger charge is -2.19. The molecule has 0 aromatic carbocycles. The highest BCUT2D eigenvalue weighted by Gasteiger charge is 2.39. The molecule has 4 nitrogen and oxygen atoms in total. The fourth-order valence-electron chi connectivity index (χ4n) is 3.32. The summed E-state index contributed by atoms with van der Waals surface area (Å²) in [6.07, 6.45) is 8.23. The summed E-state index contributed by atoms with van der Waals surface area (Å²) >= 11 is 0. The molecule has 2 rings (SSSR count). The van der Waals surface area contributed by atoms with Crippen LogP contribution in [0.2, 0.25) is 0 Å². The summed E-state index contributed by atoms with van der Waals surface area (Å²) in [5, 5.41) is 3.26. The number of carbonyl (C=O) groups is 2. The van der Waals surface area contributed by atoms with E-state index in [2.05, 4.69) is 5.32 Å². The number of imide groups is 1. The normalized spacial score (nSPS) is 25.0. The zero-order chi connectivity index (χ0) is 13.8. The van der Waals surface area contributed by atoms with Crippen molar-refractivity contribution in [3.8, 4) is 0 Å². The number of hydrogen-bond donors (Lipinski definition) is 1. The molecule has 0 radical (unpaired) electrons. The van der Waals surface area contributed by atoms with Gasteiger partial charge >= 0.3 is 0 Å². The topological polar surface area (TPSA) is 49.4 Å². The Morgan fingerprint density at radius 2 is 1.95 bits per heavy atom. The Hall–Kier alpha value is -0.900. The number of rotatable bonds is 6. The highest BCUT2D eigenvalue weighted by molar-refractivity contribution is 6.05. The molecule has 108 valence electrons. The first-order chi connectivity index (χ1) is 9.09. The van der Waals surface area contributed by atoms with Crippen molar-refractivity contribution in [2.75, 3.05) is 6.54 Å². The molecule has 4 heteroatoms. The summed E-state index contributed by atoms with van der Waals surface area (Å²) in [4.78, 5) is 25.2. The van der Waals surface area contributed by atoms with Crippen molar-refractivity contribution >= 4 is 11.8 Å². The minimum atomic E-state index is -0.279. The van der Waals surface area contributed by atoms with Crippen LogP contribution in [-0.2, 0) is 9.59 Å². The third-order valence-electron chi connectivity index (χ3n) is 4.35. The molecule has 1 saturated heterocycles. The zero-order valence-electron chi connectivity index (χ0n) is 12.2.